The Balaban J connectivity index is 0.000000235. The summed E-state index contributed by atoms with van der Waals surface area (Å²) in [4.78, 5) is 79.8. The molecule has 0 aliphatic carbocycles. The Morgan fingerprint density at radius 2 is 0.847 bits per heavy atom. The van der Waals surface area contributed by atoms with E-state index in [1.807, 2.05) is 19.9 Å². The highest BCUT2D eigenvalue weighted by atomic mass is 28.4. The van der Waals surface area contributed by atoms with Crippen molar-refractivity contribution in [3.8, 4) is 0 Å². The van der Waals surface area contributed by atoms with E-state index < -0.39 is 97.7 Å². The Morgan fingerprint density at radius 3 is 1.15 bits per heavy atom. The summed E-state index contributed by atoms with van der Waals surface area (Å²) in [5.74, 6) is -1.22. The van der Waals surface area contributed by atoms with Gasteiger partial charge in [-0.2, -0.15) is 0 Å². The topological polar surface area (TPSA) is 262 Å². The van der Waals surface area contributed by atoms with Crippen LogP contribution in [0.4, 0.5) is 0 Å². The van der Waals surface area contributed by atoms with Crippen LogP contribution in [-0.4, -0.2) is 122 Å². The SMILES string of the molecule is C=CCC1(CO)OC(n2cc(C)c(=O)[nH]c2=O)C(C)C1O[Si](C)(C)C(C)(C)C.C=CCC1(CO[Si](C)(C)C)OC(n2cc(C)c(=O)[nH]c2=O)C(C)C1O[Si](C)(C)C(C)(C)C.Cc1cn(C2OC3(CO3)C(O[Si](C)(C)C(C)(C)C)C2C)c(=O)[nH]c1=O. The van der Waals surface area contributed by atoms with E-state index in [0.29, 0.717) is 42.7 Å². The maximum Gasteiger partial charge on any atom is 0.330 e. The number of aliphatic hydroxyl groups excluding tert-OH is 1. The van der Waals surface area contributed by atoms with Crippen molar-refractivity contribution in [2.75, 3.05) is 19.8 Å². The molecule has 12 atom stereocenters. The average Bonchev–Trinajstić information content (AvgIpc) is 1.62. The van der Waals surface area contributed by atoms with Gasteiger partial charge >= 0.3 is 17.1 Å². The first-order chi connectivity index (χ1) is 38.6. The van der Waals surface area contributed by atoms with E-state index in [2.05, 4.69) is 156 Å². The van der Waals surface area contributed by atoms with Crippen molar-refractivity contribution in [2.24, 2.45) is 17.8 Å². The number of aliphatic hydroxyl groups is 1. The first-order valence-electron chi connectivity index (χ1n) is 29.8. The Labute approximate surface area is 506 Å². The molecular formula is C60H104N6O15Si4. The minimum Gasteiger partial charge on any atom is -0.415 e. The Hall–Kier alpha value is -3.97. The molecule has 21 nitrogen and oxygen atoms in total. The summed E-state index contributed by atoms with van der Waals surface area (Å²) >= 11 is 0. The van der Waals surface area contributed by atoms with Crippen LogP contribution in [0.1, 0.15) is 131 Å². The van der Waals surface area contributed by atoms with E-state index in [1.54, 1.807) is 39.2 Å². The molecule has 12 unspecified atom stereocenters. The van der Waals surface area contributed by atoms with Crippen LogP contribution >= 0.6 is 0 Å². The van der Waals surface area contributed by atoms with Crippen LogP contribution < -0.4 is 33.7 Å². The molecule has 0 aromatic carbocycles. The molecule has 3 aromatic heterocycles. The van der Waals surface area contributed by atoms with E-state index in [1.165, 1.54) is 19.9 Å². The molecule has 4 saturated heterocycles. The highest BCUT2D eigenvalue weighted by molar-refractivity contribution is 6.75. The molecule has 7 rings (SSSR count). The quantitative estimate of drug-likeness (QED) is 0.0557. The summed E-state index contributed by atoms with van der Waals surface area (Å²) in [6.07, 6.45) is 6.38. The van der Waals surface area contributed by atoms with Gasteiger partial charge in [-0.25, -0.2) is 14.4 Å². The Morgan fingerprint density at radius 1 is 0.553 bits per heavy atom. The van der Waals surface area contributed by atoms with E-state index >= 15 is 0 Å². The Bertz CT molecular complexity index is 3240. The average molecular weight is 1260 g/mol. The number of epoxide rings is 1. The summed E-state index contributed by atoms with van der Waals surface area (Å²) in [5.41, 5.74) is -3.09. The fourth-order valence-electron chi connectivity index (χ4n) is 10.2. The van der Waals surface area contributed by atoms with Crippen molar-refractivity contribution < 1.29 is 41.8 Å². The second-order valence-corrected chi connectivity index (χ2v) is 48.5. The first-order valence-corrected chi connectivity index (χ1v) is 41.9. The molecule has 25 heteroatoms. The first kappa shape index (κ1) is 71.8. The molecule has 0 saturated carbocycles. The van der Waals surface area contributed by atoms with Crippen LogP contribution in [0.3, 0.4) is 0 Å². The summed E-state index contributed by atoms with van der Waals surface area (Å²) in [5, 5.41) is 10.3. The third-order valence-electron chi connectivity index (χ3n) is 18.7. The summed E-state index contributed by atoms with van der Waals surface area (Å²) in [7, 11) is -8.23. The lowest BCUT2D eigenvalue weighted by Crippen LogP contribution is -2.54. The summed E-state index contributed by atoms with van der Waals surface area (Å²) in [6.45, 7) is 58.6. The summed E-state index contributed by atoms with van der Waals surface area (Å²) < 4.78 is 55.7. The monoisotopic (exact) mass is 1260 g/mol. The predicted molar refractivity (Wildman–Crippen MR) is 342 cm³/mol. The van der Waals surface area contributed by atoms with Crippen molar-refractivity contribution >= 4 is 33.3 Å². The van der Waals surface area contributed by atoms with Crippen LogP contribution in [-0.2, 0) is 36.7 Å². The van der Waals surface area contributed by atoms with Crippen LogP contribution in [0.2, 0.25) is 74.0 Å². The maximum atomic E-state index is 12.7. The number of aryl methyl sites for hydroxylation is 3. The number of nitrogens with zero attached hydrogens (tertiary/aromatic N) is 3. The van der Waals surface area contributed by atoms with Gasteiger partial charge in [0.2, 0.25) is 5.79 Å². The molecular weight excluding hydrogens is 1160 g/mol. The third kappa shape index (κ3) is 15.4. The van der Waals surface area contributed by atoms with E-state index in [4.69, 9.17) is 36.7 Å². The molecule has 7 heterocycles. The largest absolute Gasteiger partial charge is 0.415 e. The van der Waals surface area contributed by atoms with Gasteiger partial charge in [-0.1, -0.05) is 95.2 Å². The van der Waals surface area contributed by atoms with Gasteiger partial charge in [0.1, 0.15) is 42.6 Å². The zero-order chi connectivity index (χ0) is 65.0. The normalized spacial score (nSPS) is 29.1. The van der Waals surface area contributed by atoms with Crippen molar-refractivity contribution in [1.29, 1.82) is 0 Å². The molecule has 3 aromatic rings. The van der Waals surface area contributed by atoms with Crippen LogP contribution in [0.5, 0.6) is 0 Å². The van der Waals surface area contributed by atoms with Gasteiger partial charge in [-0.15, -0.1) is 13.2 Å². The zero-order valence-corrected chi connectivity index (χ0v) is 59.5. The van der Waals surface area contributed by atoms with E-state index in [0.717, 1.165) is 0 Å². The highest BCUT2D eigenvalue weighted by Crippen LogP contribution is 2.54. The fraction of sp³-hybridized carbons (Fsp3) is 0.733. The second-order valence-electron chi connectivity index (χ2n) is 29.7. The number of aromatic amines is 3. The van der Waals surface area contributed by atoms with Gasteiger partial charge in [0.15, 0.2) is 33.3 Å². The van der Waals surface area contributed by atoms with Crippen molar-refractivity contribution in [3.05, 3.63) is 123 Å². The van der Waals surface area contributed by atoms with E-state index in [-0.39, 0.29) is 62.8 Å². The highest BCUT2D eigenvalue weighted by Gasteiger charge is 2.66. The molecule has 85 heavy (non-hydrogen) atoms. The molecule has 4 fully saturated rings. The number of ether oxygens (including phenoxy) is 4. The van der Waals surface area contributed by atoms with Gasteiger partial charge in [0, 0.05) is 53.0 Å². The standard InChI is InChI=1S/C23H42N2O5Si2.C20H34N2O5Si.C17H28N2O5Si/c1-12-13-23(15-28-31(7,8)9)18(30-32(10,11)22(4,5)6)17(3)20(29-23)25-14-16(2)19(26)24-21(25)27;1-9-10-20(12-23)15(27-28(7,8)19(4,5)6)14(3)17(26-20)22-11-13(2)16(24)21-18(22)25;1-10-8-19(15(21)18-13(10)20)14-11(2)12(17(23-14)9-22-17)24-25(6,7)16(3,4)5/h12,14,17-18,20H,1,13,15H2,2-11H3,(H,24,26,27);9,11,14-15,17,23H,1,10,12H2,2-8H3,(H,21,24,25);8,11-12,14H,9H2,1-7H3,(H,18,20,21). The lowest BCUT2D eigenvalue weighted by molar-refractivity contribution is -0.124. The molecule has 0 bridgehead atoms. The Kier molecular flexibility index (Phi) is 21.5. The van der Waals surface area contributed by atoms with Crippen molar-refractivity contribution in [3.63, 3.8) is 0 Å². The lowest BCUT2D eigenvalue weighted by Gasteiger charge is -2.44. The predicted octanol–water partition coefficient (Wildman–Crippen LogP) is 9.40. The number of aromatic nitrogens is 6. The van der Waals surface area contributed by atoms with Gasteiger partial charge in [-0.3, -0.25) is 43.0 Å². The second kappa shape index (κ2) is 25.5. The number of H-pyrrole nitrogens is 3. The number of rotatable bonds is 17. The molecule has 480 valence electrons. The number of hydrogen-bond donors (Lipinski definition) is 4. The van der Waals surface area contributed by atoms with Gasteiger partial charge in [0.05, 0.1) is 25.4 Å². The smallest absolute Gasteiger partial charge is 0.330 e. The maximum absolute atomic E-state index is 12.7. The summed E-state index contributed by atoms with van der Waals surface area (Å²) in [6, 6.07) is 0. The van der Waals surface area contributed by atoms with Crippen molar-refractivity contribution in [1.82, 2.24) is 28.7 Å². The molecule has 0 amide bonds. The van der Waals surface area contributed by atoms with Gasteiger partial charge < -0.3 is 41.8 Å². The fourth-order valence-corrected chi connectivity index (χ4v) is 15.1. The minimum atomic E-state index is -2.18. The third-order valence-corrected chi connectivity index (χ3v) is 33.0. The van der Waals surface area contributed by atoms with Crippen LogP contribution in [0.15, 0.2) is 72.7 Å². The lowest BCUT2D eigenvalue weighted by atomic mass is 9.88. The molecule has 4 N–H and O–H groups in total. The minimum absolute atomic E-state index is 0.00969. The van der Waals surface area contributed by atoms with Crippen LogP contribution in [0.25, 0.3) is 0 Å². The van der Waals surface area contributed by atoms with Crippen LogP contribution in [0, 0.1) is 38.5 Å². The van der Waals surface area contributed by atoms with Gasteiger partial charge in [-0.05, 0) is 108 Å². The molecule has 4 aliphatic heterocycles. The number of hydrogen-bond acceptors (Lipinski definition) is 15. The molecule has 0 radical (unpaired) electrons. The molecule has 4 aliphatic rings. The zero-order valence-electron chi connectivity index (χ0n) is 55.5. The number of nitrogens with one attached hydrogen (secondary N) is 3. The van der Waals surface area contributed by atoms with E-state index in [9.17, 15) is 33.9 Å². The molecule has 1 spiro atoms. The van der Waals surface area contributed by atoms with Gasteiger partial charge in [0.25, 0.3) is 16.7 Å². The van der Waals surface area contributed by atoms with Crippen molar-refractivity contribution in [2.45, 2.75) is 245 Å².